The lowest BCUT2D eigenvalue weighted by Gasteiger charge is -2.64. The second-order valence-electron chi connectivity index (χ2n) is 11.3. The van der Waals surface area contributed by atoms with Crippen LogP contribution in [0.3, 0.4) is 0 Å². The monoisotopic (exact) mass is 450 g/mol. The fourth-order valence-corrected chi connectivity index (χ4v) is 8.40. The molecule has 0 aromatic heterocycles. The maximum absolute atomic E-state index is 13.7. The van der Waals surface area contributed by atoms with E-state index in [2.05, 4.69) is 19.9 Å². The maximum atomic E-state index is 13.7. The van der Waals surface area contributed by atoms with Crippen molar-refractivity contribution in [1.29, 1.82) is 0 Å². The zero-order valence-corrected chi connectivity index (χ0v) is 19.0. The normalized spacial score (nSPS) is 47.0. The molecule has 2 N–H and O–H groups in total. The van der Waals surface area contributed by atoms with Crippen LogP contribution in [-0.2, 0) is 25.5 Å². The zero-order chi connectivity index (χ0) is 22.9. The molecule has 9 atom stereocenters. The Bertz CT molecular complexity index is 1140. The van der Waals surface area contributed by atoms with Crippen molar-refractivity contribution >= 4 is 17.6 Å². The van der Waals surface area contributed by atoms with Gasteiger partial charge in [-0.2, -0.15) is 0 Å². The van der Waals surface area contributed by atoms with E-state index in [-0.39, 0.29) is 30.0 Å². The summed E-state index contributed by atoms with van der Waals surface area (Å²) < 4.78 is 12.6. The van der Waals surface area contributed by atoms with Crippen LogP contribution in [0.4, 0.5) is 0 Å². The van der Waals surface area contributed by atoms with E-state index in [4.69, 9.17) is 9.47 Å². The standard InChI is InChI=1S/C27H30O6/c1-12-3-4-16(18(12)11-28)14-8-15-7-13(2)21-22(15)17(9-14)23(30)27-19(29)10-20(33-24(21)27)26(31)5-6-32-25(26)27/h8-9,11-13,20-21,23-25,30-31H,3-7,10H2,1-2H3/t12-,13-,20-,21+,23+,24-,25+,26-,27-/m1/s1. The van der Waals surface area contributed by atoms with E-state index in [0.29, 0.717) is 13.0 Å². The minimum atomic E-state index is -1.29. The predicted octanol–water partition coefficient (Wildman–Crippen LogP) is 2.64. The molecule has 0 amide bonds. The van der Waals surface area contributed by atoms with Gasteiger partial charge in [0.05, 0.1) is 24.9 Å². The molecule has 4 aliphatic carbocycles. The van der Waals surface area contributed by atoms with Gasteiger partial charge in [0.2, 0.25) is 0 Å². The molecule has 4 fully saturated rings. The summed E-state index contributed by atoms with van der Waals surface area (Å²) in [5, 5.41) is 23.5. The summed E-state index contributed by atoms with van der Waals surface area (Å²) >= 11 is 0. The van der Waals surface area contributed by atoms with E-state index >= 15 is 0 Å². The number of rotatable bonds is 2. The quantitative estimate of drug-likeness (QED) is 0.673. The van der Waals surface area contributed by atoms with Crippen molar-refractivity contribution in [3.8, 4) is 0 Å². The minimum Gasteiger partial charge on any atom is -0.387 e. The second kappa shape index (κ2) is 6.42. The summed E-state index contributed by atoms with van der Waals surface area (Å²) in [4.78, 5) is 25.5. The summed E-state index contributed by atoms with van der Waals surface area (Å²) in [5.74, 6) is 0.404. The molecular formula is C27H30O6. The highest BCUT2D eigenvalue weighted by Crippen LogP contribution is 2.67. The number of Topliss-reactive ketones (excluding diaryl/α,β-unsaturated/α-hetero) is 1. The Morgan fingerprint density at radius 2 is 2.03 bits per heavy atom. The van der Waals surface area contributed by atoms with Crippen molar-refractivity contribution in [2.24, 2.45) is 17.3 Å². The van der Waals surface area contributed by atoms with Crippen molar-refractivity contribution in [3.63, 3.8) is 0 Å². The predicted molar refractivity (Wildman–Crippen MR) is 118 cm³/mol. The van der Waals surface area contributed by atoms with Gasteiger partial charge in [0.15, 0.2) is 0 Å². The van der Waals surface area contributed by atoms with Gasteiger partial charge in [0, 0.05) is 18.8 Å². The van der Waals surface area contributed by atoms with Gasteiger partial charge in [-0.05, 0) is 70.6 Å². The average Bonchev–Trinajstić information content (AvgIpc) is 3.46. The maximum Gasteiger partial charge on any atom is 0.150 e. The first-order valence-electron chi connectivity index (χ1n) is 12.4. The number of benzene rings is 1. The molecule has 3 heterocycles. The van der Waals surface area contributed by atoms with Gasteiger partial charge in [-0.3, -0.25) is 9.59 Å². The average molecular weight is 451 g/mol. The third kappa shape index (κ3) is 2.20. The molecule has 0 radical (unpaired) electrons. The molecule has 1 aromatic carbocycles. The Hall–Kier alpha value is -1.86. The number of hydrogen-bond donors (Lipinski definition) is 2. The van der Waals surface area contributed by atoms with Crippen LogP contribution in [0.5, 0.6) is 0 Å². The number of aliphatic hydroxyl groups excluding tert-OH is 1. The summed E-state index contributed by atoms with van der Waals surface area (Å²) in [6.07, 6.45) is 1.21. The molecule has 8 rings (SSSR count). The van der Waals surface area contributed by atoms with E-state index in [9.17, 15) is 19.8 Å². The Kier molecular flexibility index (Phi) is 3.99. The lowest BCUT2D eigenvalue weighted by Crippen LogP contribution is -2.77. The zero-order valence-electron chi connectivity index (χ0n) is 19.0. The molecule has 2 bridgehead atoms. The number of ether oxygens (including phenoxy) is 2. The van der Waals surface area contributed by atoms with Gasteiger partial charge in [0.25, 0.3) is 0 Å². The van der Waals surface area contributed by atoms with Gasteiger partial charge >= 0.3 is 0 Å². The van der Waals surface area contributed by atoms with Crippen molar-refractivity contribution in [3.05, 3.63) is 40.0 Å². The SMILES string of the molecule is C[C@@H]1CCC(c2cc3c4c(c2)[C@H](O)[C@]25C(=O)C[C@@H](O[C@@H]2[C@H]4[C@H](C)C3)[C@]2(O)CCO[C@@H]25)=C1C=O. The topological polar surface area (TPSA) is 93.1 Å². The Balaban J connectivity index is 1.47. The molecule has 6 heteroatoms. The fraction of sp³-hybridized carbons (Fsp3) is 0.630. The number of aliphatic hydroxyl groups is 2. The molecular weight excluding hydrogens is 420 g/mol. The summed E-state index contributed by atoms with van der Waals surface area (Å²) in [5.41, 5.74) is 3.41. The summed E-state index contributed by atoms with van der Waals surface area (Å²) in [7, 11) is 0. The Morgan fingerprint density at radius 1 is 1.21 bits per heavy atom. The number of carbonyl (C=O) groups is 2. The van der Waals surface area contributed by atoms with Crippen molar-refractivity contribution in [2.45, 2.75) is 81.9 Å². The van der Waals surface area contributed by atoms with Crippen molar-refractivity contribution in [1.82, 2.24) is 0 Å². The molecule has 1 saturated carbocycles. The van der Waals surface area contributed by atoms with Crippen LogP contribution in [0, 0.1) is 17.3 Å². The number of fused-ring (bicyclic) bond motifs is 1. The number of hydrogen-bond acceptors (Lipinski definition) is 6. The first-order chi connectivity index (χ1) is 15.8. The van der Waals surface area contributed by atoms with Gasteiger partial charge in [0.1, 0.15) is 29.2 Å². The molecule has 33 heavy (non-hydrogen) atoms. The van der Waals surface area contributed by atoms with Gasteiger partial charge in [-0.25, -0.2) is 0 Å². The van der Waals surface area contributed by atoms with Crippen LogP contribution in [0.1, 0.15) is 73.8 Å². The lowest BCUT2D eigenvalue weighted by molar-refractivity contribution is -0.310. The summed E-state index contributed by atoms with van der Waals surface area (Å²) in [6, 6.07) is 4.21. The minimum absolute atomic E-state index is 0.0185. The smallest absolute Gasteiger partial charge is 0.150 e. The molecule has 1 aromatic rings. The number of ketones is 1. The van der Waals surface area contributed by atoms with E-state index in [1.165, 1.54) is 5.56 Å². The molecule has 0 unspecified atom stereocenters. The Morgan fingerprint density at radius 3 is 2.82 bits per heavy atom. The number of aldehydes is 1. The van der Waals surface area contributed by atoms with Crippen LogP contribution in [0.2, 0.25) is 0 Å². The van der Waals surface area contributed by atoms with E-state index in [0.717, 1.165) is 53.4 Å². The fourth-order valence-electron chi connectivity index (χ4n) is 8.40. The highest BCUT2D eigenvalue weighted by atomic mass is 16.6. The molecule has 6 nitrogen and oxygen atoms in total. The third-order valence-corrected chi connectivity index (χ3v) is 9.91. The lowest BCUT2D eigenvalue weighted by atomic mass is 9.49. The van der Waals surface area contributed by atoms with E-state index in [1.807, 2.05) is 6.07 Å². The van der Waals surface area contributed by atoms with Crippen LogP contribution >= 0.6 is 0 Å². The van der Waals surface area contributed by atoms with Gasteiger partial charge in [-0.15, -0.1) is 0 Å². The van der Waals surface area contributed by atoms with Crippen LogP contribution in [0.15, 0.2) is 17.7 Å². The molecule has 3 saturated heterocycles. The third-order valence-electron chi connectivity index (χ3n) is 9.91. The molecule has 174 valence electrons. The largest absolute Gasteiger partial charge is 0.387 e. The van der Waals surface area contributed by atoms with Crippen LogP contribution < -0.4 is 0 Å². The molecule has 3 aliphatic heterocycles. The number of allylic oxidation sites excluding steroid dienone is 2. The van der Waals surface area contributed by atoms with Gasteiger partial charge in [-0.1, -0.05) is 19.9 Å². The van der Waals surface area contributed by atoms with E-state index < -0.39 is 35.4 Å². The number of carbonyl (C=O) groups excluding carboxylic acids is 2. The van der Waals surface area contributed by atoms with Gasteiger partial charge < -0.3 is 19.7 Å². The van der Waals surface area contributed by atoms with E-state index in [1.54, 1.807) is 0 Å². The molecule has 7 aliphatic rings. The van der Waals surface area contributed by atoms with Crippen molar-refractivity contribution < 1.29 is 29.3 Å². The Labute approximate surface area is 193 Å². The first-order valence-corrected chi connectivity index (χ1v) is 12.4. The molecule has 1 spiro atoms. The highest BCUT2D eigenvalue weighted by Gasteiger charge is 2.77. The first kappa shape index (κ1) is 20.5. The second-order valence-corrected chi connectivity index (χ2v) is 11.3. The van der Waals surface area contributed by atoms with Crippen LogP contribution in [-0.4, -0.2) is 52.8 Å². The highest BCUT2D eigenvalue weighted by molar-refractivity contribution is 5.93. The van der Waals surface area contributed by atoms with Crippen molar-refractivity contribution in [2.75, 3.05) is 6.61 Å². The summed E-state index contributed by atoms with van der Waals surface area (Å²) in [6.45, 7) is 4.63. The van der Waals surface area contributed by atoms with Crippen LogP contribution in [0.25, 0.3) is 5.57 Å².